The summed E-state index contributed by atoms with van der Waals surface area (Å²) in [6, 6.07) is 6.30. The summed E-state index contributed by atoms with van der Waals surface area (Å²) < 4.78 is 0. The first kappa shape index (κ1) is 17.9. The van der Waals surface area contributed by atoms with Crippen LogP contribution in [0.2, 0.25) is 0 Å². The number of hydrogen-bond donors (Lipinski definition) is 2. The number of aromatic carboxylic acids is 2. The Balaban J connectivity index is 2.52. The minimum absolute atomic E-state index is 0.0128. The van der Waals surface area contributed by atoms with Gasteiger partial charge in [0.25, 0.3) is 11.4 Å². The van der Waals surface area contributed by atoms with Gasteiger partial charge in [0.15, 0.2) is 0 Å². The lowest BCUT2D eigenvalue weighted by Gasteiger charge is -2.06. The topological polar surface area (TPSA) is 161 Å². The van der Waals surface area contributed by atoms with E-state index in [4.69, 9.17) is 10.2 Å². The molecule has 25 heavy (non-hydrogen) atoms. The minimum atomic E-state index is -1.35. The van der Waals surface area contributed by atoms with Gasteiger partial charge in [0.05, 0.1) is 30.8 Å². The van der Waals surface area contributed by atoms with Crippen molar-refractivity contribution >= 4 is 35.1 Å². The Hall–Kier alpha value is -3.47. The van der Waals surface area contributed by atoms with Crippen molar-refractivity contribution in [1.82, 2.24) is 0 Å². The maximum Gasteiger partial charge on any atom is 0.335 e. The van der Waals surface area contributed by atoms with Gasteiger partial charge in [-0.05, 0) is 24.3 Å². The van der Waals surface area contributed by atoms with Crippen LogP contribution in [0.15, 0.2) is 46.2 Å². The molecule has 0 aliphatic heterocycles. The molecule has 0 heterocycles. The van der Waals surface area contributed by atoms with Gasteiger partial charge in [0.2, 0.25) is 0 Å². The van der Waals surface area contributed by atoms with Crippen LogP contribution in [0.3, 0.4) is 0 Å². The van der Waals surface area contributed by atoms with E-state index in [1.54, 1.807) is 0 Å². The van der Waals surface area contributed by atoms with Crippen LogP contribution in [0.25, 0.3) is 0 Å². The second-order valence-electron chi connectivity index (χ2n) is 4.59. The minimum Gasteiger partial charge on any atom is -0.478 e. The zero-order valence-corrected chi connectivity index (χ0v) is 12.9. The Morgan fingerprint density at radius 2 is 1.16 bits per heavy atom. The SMILES string of the molecule is O=C(O)c1ccc(Sc2ccc(C(=O)O)cc2[N+](=O)[O-])c([N+](=O)[O-])c1. The Morgan fingerprint density at radius 1 is 0.800 bits per heavy atom. The van der Waals surface area contributed by atoms with E-state index in [-0.39, 0.29) is 20.9 Å². The summed E-state index contributed by atoms with van der Waals surface area (Å²) in [5, 5.41) is 40.1. The van der Waals surface area contributed by atoms with E-state index in [9.17, 15) is 29.8 Å². The van der Waals surface area contributed by atoms with Gasteiger partial charge in [0.1, 0.15) is 0 Å². The highest BCUT2D eigenvalue weighted by Gasteiger charge is 2.23. The van der Waals surface area contributed by atoms with Crippen molar-refractivity contribution in [3.05, 3.63) is 67.8 Å². The fraction of sp³-hybridized carbons (Fsp3) is 0. The fourth-order valence-electron chi connectivity index (χ4n) is 1.88. The third-order valence-electron chi connectivity index (χ3n) is 3.03. The molecule has 2 N–H and O–H groups in total. The zero-order valence-electron chi connectivity index (χ0n) is 12.1. The van der Waals surface area contributed by atoms with E-state index in [1.165, 1.54) is 12.1 Å². The van der Waals surface area contributed by atoms with Crippen molar-refractivity contribution in [1.29, 1.82) is 0 Å². The van der Waals surface area contributed by atoms with Gasteiger partial charge in [-0.15, -0.1) is 0 Å². The van der Waals surface area contributed by atoms with Crippen molar-refractivity contribution in [3.63, 3.8) is 0 Å². The van der Waals surface area contributed by atoms with E-state index >= 15 is 0 Å². The summed E-state index contributed by atoms with van der Waals surface area (Å²) in [4.78, 5) is 42.5. The summed E-state index contributed by atoms with van der Waals surface area (Å²) in [5.41, 5.74) is -1.65. The van der Waals surface area contributed by atoms with Gasteiger partial charge in [-0.25, -0.2) is 9.59 Å². The first-order valence-electron chi connectivity index (χ1n) is 6.42. The Labute approximate surface area is 143 Å². The number of hydrogen-bond acceptors (Lipinski definition) is 7. The molecule has 128 valence electrons. The summed E-state index contributed by atoms with van der Waals surface area (Å²) in [6.07, 6.45) is 0. The van der Waals surface area contributed by atoms with Crippen molar-refractivity contribution in [2.45, 2.75) is 9.79 Å². The molecule has 0 aliphatic rings. The number of nitro groups is 2. The molecule has 0 saturated carbocycles. The zero-order chi connectivity index (χ0) is 18.7. The highest BCUT2D eigenvalue weighted by molar-refractivity contribution is 7.99. The number of carboxylic acids is 2. The molecule has 2 aromatic rings. The van der Waals surface area contributed by atoms with Gasteiger partial charge >= 0.3 is 11.9 Å². The van der Waals surface area contributed by atoms with Crippen LogP contribution in [0, 0.1) is 20.2 Å². The molecular weight excluding hydrogens is 356 g/mol. The van der Waals surface area contributed by atoms with Gasteiger partial charge < -0.3 is 10.2 Å². The number of carboxylic acid groups (broad SMARTS) is 2. The molecule has 10 nitrogen and oxygen atoms in total. The Kier molecular flexibility index (Phi) is 4.98. The van der Waals surface area contributed by atoms with E-state index in [0.29, 0.717) is 11.8 Å². The number of rotatable bonds is 6. The van der Waals surface area contributed by atoms with Crippen LogP contribution in [0.1, 0.15) is 20.7 Å². The molecular formula is C14H8N2O8S. The second-order valence-corrected chi connectivity index (χ2v) is 5.68. The molecule has 0 bridgehead atoms. The van der Waals surface area contributed by atoms with Gasteiger partial charge in [0, 0.05) is 12.1 Å². The average Bonchev–Trinajstić information content (AvgIpc) is 2.54. The van der Waals surface area contributed by atoms with Crippen LogP contribution in [-0.2, 0) is 0 Å². The largest absolute Gasteiger partial charge is 0.478 e. The first-order valence-corrected chi connectivity index (χ1v) is 7.23. The third kappa shape index (κ3) is 3.90. The summed E-state index contributed by atoms with van der Waals surface area (Å²) in [5.74, 6) is -2.70. The summed E-state index contributed by atoms with van der Waals surface area (Å²) in [7, 11) is 0. The maximum atomic E-state index is 11.1. The molecule has 0 saturated heterocycles. The number of benzene rings is 2. The lowest BCUT2D eigenvalue weighted by atomic mass is 10.2. The van der Waals surface area contributed by atoms with Crippen LogP contribution >= 0.6 is 11.8 Å². The molecule has 0 spiro atoms. The van der Waals surface area contributed by atoms with Crippen molar-refractivity contribution in [2.75, 3.05) is 0 Å². The van der Waals surface area contributed by atoms with E-state index in [2.05, 4.69) is 0 Å². The molecule has 0 atom stereocenters. The third-order valence-corrected chi connectivity index (χ3v) is 4.16. The molecule has 0 unspecified atom stereocenters. The maximum absolute atomic E-state index is 11.1. The quantitative estimate of drug-likeness (QED) is 0.579. The smallest absolute Gasteiger partial charge is 0.335 e. The van der Waals surface area contributed by atoms with Crippen LogP contribution in [-0.4, -0.2) is 32.0 Å². The van der Waals surface area contributed by atoms with E-state index < -0.39 is 33.2 Å². The lowest BCUT2D eigenvalue weighted by molar-refractivity contribution is -0.388. The predicted molar refractivity (Wildman–Crippen MR) is 84.2 cm³/mol. The monoisotopic (exact) mass is 364 g/mol. The van der Waals surface area contributed by atoms with E-state index in [0.717, 1.165) is 24.3 Å². The summed E-state index contributed by atoms with van der Waals surface area (Å²) in [6.45, 7) is 0. The standard InChI is InChI=1S/C14H8N2O8S/c17-13(18)7-1-3-11(9(5-7)15(21)22)25-12-4-2-8(14(19)20)6-10(12)16(23)24/h1-6H,(H,17,18)(H,19,20). The molecule has 0 fully saturated rings. The first-order chi connectivity index (χ1) is 11.7. The molecule has 0 aliphatic carbocycles. The van der Waals surface area contributed by atoms with E-state index in [1.807, 2.05) is 0 Å². The highest BCUT2D eigenvalue weighted by atomic mass is 32.2. The summed E-state index contributed by atoms with van der Waals surface area (Å²) >= 11 is 0.669. The Bertz CT molecular complexity index is 838. The Morgan fingerprint density at radius 3 is 1.44 bits per heavy atom. The second kappa shape index (κ2) is 6.97. The van der Waals surface area contributed by atoms with Crippen molar-refractivity contribution < 1.29 is 29.6 Å². The van der Waals surface area contributed by atoms with Crippen LogP contribution < -0.4 is 0 Å². The molecule has 0 radical (unpaired) electrons. The normalized spacial score (nSPS) is 10.2. The number of nitrogens with zero attached hydrogens (tertiary/aromatic N) is 2. The predicted octanol–water partition coefficient (Wildman–Crippen LogP) is 3.05. The number of nitro benzene ring substituents is 2. The molecule has 2 rings (SSSR count). The van der Waals surface area contributed by atoms with Crippen molar-refractivity contribution in [3.8, 4) is 0 Å². The molecule has 11 heteroatoms. The van der Waals surface area contributed by atoms with Crippen LogP contribution in [0.4, 0.5) is 11.4 Å². The van der Waals surface area contributed by atoms with Gasteiger partial charge in [-0.2, -0.15) is 0 Å². The van der Waals surface area contributed by atoms with Gasteiger partial charge in [-0.1, -0.05) is 11.8 Å². The molecule has 0 aromatic heterocycles. The highest BCUT2D eigenvalue weighted by Crippen LogP contribution is 2.40. The van der Waals surface area contributed by atoms with Gasteiger partial charge in [-0.3, -0.25) is 20.2 Å². The molecule has 2 aromatic carbocycles. The van der Waals surface area contributed by atoms with Crippen LogP contribution in [0.5, 0.6) is 0 Å². The molecule has 0 amide bonds. The van der Waals surface area contributed by atoms with Crippen molar-refractivity contribution in [2.24, 2.45) is 0 Å². The lowest BCUT2D eigenvalue weighted by Crippen LogP contribution is -2.00. The number of carbonyl (C=O) groups is 2. The average molecular weight is 364 g/mol. The fourth-order valence-corrected chi connectivity index (χ4v) is 2.86.